The molecule has 0 unspecified atom stereocenters. The average molecular weight is 463 g/mol. The van der Waals surface area contributed by atoms with Crippen LogP contribution in [0.25, 0.3) is 10.8 Å². The summed E-state index contributed by atoms with van der Waals surface area (Å²) in [6.45, 7) is 0.956. The monoisotopic (exact) mass is 463 g/mol. The minimum atomic E-state index is -1.35. The molecule has 1 spiro atoms. The van der Waals surface area contributed by atoms with Crippen molar-refractivity contribution in [2.45, 2.75) is 50.1 Å². The molecule has 1 atom stereocenters. The minimum Gasteiger partial charge on any atom is -0.322 e. The van der Waals surface area contributed by atoms with E-state index in [9.17, 15) is 24.0 Å². The molecule has 2 aliphatic heterocycles. The number of carbonyl (C=O) groups is 5. The van der Waals surface area contributed by atoms with Crippen LogP contribution in [0, 0.1) is 0 Å². The predicted molar refractivity (Wildman–Crippen MR) is 121 cm³/mol. The van der Waals surface area contributed by atoms with Crippen molar-refractivity contribution in [3.05, 3.63) is 48.0 Å². The lowest BCUT2D eigenvalue weighted by molar-refractivity contribution is -0.141. The Hall–Kier alpha value is -3.95. The lowest BCUT2D eigenvalue weighted by Crippen LogP contribution is -2.53. The van der Waals surface area contributed by atoms with Crippen LogP contribution in [-0.4, -0.2) is 51.8 Å². The van der Waals surface area contributed by atoms with Gasteiger partial charge in [0, 0.05) is 0 Å². The normalized spacial score (nSPS) is 24.0. The zero-order valence-corrected chi connectivity index (χ0v) is 18.7. The number of imide groups is 2. The molecule has 10 heteroatoms. The van der Waals surface area contributed by atoms with E-state index in [4.69, 9.17) is 0 Å². The predicted octanol–water partition coefficient (Wildman–Crippen LogP) is 1.89. The highest BCUT2D eigenvalue weighted by Crippen LogP contribution is 2.33. The molecule has 2 aromatic carbocycles. The topological polar surface area (TPSA) is 128 Å². The maximum atomic E-state index is 13.2. The number of hydrogen-bond donors (Lipinski definition) is 3. The molecular formula is C24H25N5O5. The fraction of sp³-hybridized carbons (Fsp3) is 0.375. The van der Waals surface area contributed by atoms with Crippen LogP contribution in [0.3, 0.4) is 0 Å². The van der Waals surface area contributed by atoms with Gasteiger partial charge in [-0.05, 0) is 42.2 Å². The van der Waals surface area contributed by atoms with Crippen LogP contribution < -0.4 is 16.1 Å². The third-order valence-corrected chi connectivity index (χ3v) is 7.01. The fourth-order valence-corrected chi connectivity index (χ4v) is 5.06. The van der Waals surface area contributed by atoms with Crippen LogP contribution in [-0.2, 0) is 19.9 Å². The fourth-order valence-electron chi connectivity index (χ4n) is 5.06. The first-order valence-electron chi connectivity index (χ1n) is 11.3. The number of nitrogens with zero attached hydrogens (tertiary/aromatic N) is 2. The number of fused-ring (bicyclic) bond motifs is 1. The Kier molecular flexibility index (Phi) is 5.03. The number of nitrogens with one attached hydrogen (secondary N) is 3. The summed E-state index contributed by atoms with van der Waals surface area (Å²) in [4.78, 5) is 64.5. The molecule has 176 valence electrons. The quantitative estimate of drug-likeness (QED) is 0.597. The summed E-state index contributed by atoms with van der Waals surface area (Å²) in [7, 11) is 0. The van der Waals surface area contributed by atoms with Crippen molar-refractivity contribution in [3.63, 3.8) is 0 Å². The van der Waals surface area contributed by atoms with E-state index in [2.05, 4.69) is 16.1 Å². The van der Waals surface area contributed by atoms with Crippen molar-refractivity contribution < 1.29 is 24.0 Å². The van der Waals surface area contributed by atoms with Crippen LogP contribution in [0.5, 0.6) is 0 Å². The first-order chi connectivity index (χ1) is 16.2. The Morgan fingerprint density at radius 1 is 0.912 bits per heavy atom. The van der Waals surface area contributed by atoms with Crippen molar-refractivity contribution in [2.24, 2.45) is 0 Å². The lowest BCUT2D eigenvalue weighted by Gasteiger charge is -2.30. The summed E-state index contributed by atoms with van der Waals surface area (Å²) in [5.74, 6) is -1.92. The second kappa shape index (κ2) is 7.82. The van der Waals surface area contributed by atoms with Crippen molar-refractivity contribution in [3.8, 4) is 0 Å². The second-order valence-electron chi connectivity index (χ2n) is 9.26. The van der Waals surface area contributed by atoms with E-state index in [1.807, 2.05) is 36.4 Å². The Morgan fingerprint density at radius 3 is 2.35 bits per heavy atom. The van der Waals surface area contributed by atoms with Crippen LogP contribution in [0.1, 0.15) is 44.6 Å². The molecule has 2 aromatic rings. The van der Waals surface area contributed by atoms with Crippen molar-refractivity contribution in [1.29, 1.82) is 0 Å². The van der Waals surface area contributed by atoms with E-state index < -0.39 is 47.4 Å². The molecule has 0 aromatic heterocycles. The van der Waals surface area contributed by atoms with Gasteiger partial charge in [-0.15, -0.1) is 0 Å². The molecule has 2 saturated heterocycles. The number of benzene rings is 2. The zero-order valence-electron chi connectivity index (χ0n) is 18.7. The SMILES string of the molecule is C[C@]1(c2ccc3ccccc3c2)NC(=O)N(CC(=O)NN2C(=O)NC3(CCCCC3)C2=O)C1=O. The van der Waals surface area contributed by atoms with Gasteiger partial charge >= 0.3 is 12.1 Å². The highest BCUT2D eigenvalue weighted by atomic mass is 16.2. The zero-order chi connectivity index (χ0) is 24.1. The van der Waals surface area contributed by atoms with Crippen molar-refractivity contribution in [1.82, 2.24) is 26.0 Å². The molecule has 10 nitrogen and oxygen atoms in total. The van der Waals surface area contributed by atoms with Gasteiger partial charge in [-0.2, -0.15) is 5.01 Å². The van der Waals surface area contributed by atoms with Gasteiger partial charge in [-0.25, -0.2) is 9.59 Å². The molecule has 7 amide bonds. The average Bonchev–Trinajstić information content (AvgIpc) is 3.18. The van der Waals surface area contributed by atoms with Crippen molar-refractivity contribution >= 4 is 40.6 Å². The molecule has 1 aliphatic carbocycles. The van der Waals surface area contributed by atoms with E-state index >= 15 is 0 Å². The number of urea groups is 2. The Bertz CT molecular complexity index is 1240. The van der Waals surface area contributed by atoms with Crippen LogP contribution in [0.15, 0.2) is 42.5 Å². The highest BCUT2D eigenvalue weighted by molar-refractivity contribution is 6.11. The number of rotatable bonds is 4. The van der Waals surface area contributed by atoms with Crippen LogP contribution in [0.4, 0.5) is 9.59 Å². The molecule has 34 heavy (non-hydrogen) atoms. The summed E-state index contributed by atoms with van der Waals surface area (Å²) in [6.07, 6.45) is 3.63. The summed E-state index contributed by atoms with van der Waals surface area (Å²) in [5, 5.41) is 7.94. The first kappa shape index (κ1) is 21.9. The number of carbonyl (C=O) groups excluding carboxylic acids is 5. The van der Waals surface area contributed by atoms with Gasteiger partial charge in [0.2, 0.25) is 0 Å². The largest absolute Gasteiger partial charge is 0.344 e. The first-order valence-corrected chi connectivity index (χ1v) is 11.3. The van der Waals surface area contributed by atoms with Crippen molar-refractivity contribution in [2.75, 3.05) is 6.54 Å². The maximum absolute atomic E-state index is 13.2. The van der Waals surface area contributed by atoms with Crippen LogP contribution in [0.2, 0.25) is 0 Å². The summed E-state index contributed by atoms with van der Waals surface area (Å²) in [6, 6.07) is 11.7. The molecule has 3 aliphatic rings. The molecule has 0 bridgehead atoms. The summed E-state index contributed by atoms with van der Waals surface area (Å²) in [5.41, 5.74) is 0.512. The Labute approximate surface area is 195 Å². The highest BCUT2D eigenvalue weighted by Gasteiger charge is 2.53. The van der Waals surface area contributed by atoms with E-state index in [1.54, 1.807) is 13.0 Å². The molecular weight excluding hydrogens is 438 g/mol. The van der Waals surface area contributed by atoms with Gasteiger partial charge < -0.3 is 10.6 Å². The molecule has 3 N–H and O–H groups in total. The summed E-state index contributed by atoms with van der Waals surface area (Å²) < 4.78 is 0. The van der Waals surface area contributed by atoms with Crippen LogP contribution >= 0.6 is 0 Å². The lowest BCUT2D eigenvalue weighted by atomic mass is 9.82. The number of hydrogen-bond acceptors (Lipinski definition) is 5. The Balaban J connectivity index is 1.30. The van der Waals surface area contributed by atoms with E-state index in [0.29, 0.717) is 23.4 Å². The molecule has 0 radical (unpaired) electrons. The van der Waals surface area contributed by atoms with E-state index in [1.165, 1.54) is 0 Å². The standard InChI is InChI=1S/C24H25N5O5/c1-23(17-10-9-15-7-3-4-8-16(15)13-17)19(31)28(21(33)25-23)14-18(30)27-29-20(32)24(26-22(29)34)11-5-2-6-12-24/h3-4,7-10,13H,2,5-6,11-12,14H2,1H3,(H,25,33)(H,26,34)(H,27,30)/t23-/m1/s1. The van der Waals surface area contributed by atoms with Gasteiger partial charge in [0.05, 0.1) is 0 Å². The van der Waals surface area contributed by atoms with Gasteiger partial charge in [-0.1, -0.05) is 55.7 Å². The molecule has 5 rings (SSSR count). The third-order valence-electron chi connectivity index (χ3n) is 7.01. The van der Waals surface area contributed by atoms with Gasteiger partial charge in [0.25, 0.3) is 17.7 Å². The van der Waals surface area contributed by atoms with Gasteiger partial charge in [0.15, 0.2) is 0 Å². The molecule has 1 saturated carbocycles. The second-order valence-corrected chi connectivity index (χ2v) is 9.26. The smallest absolute Gasteiger partial charge is 0.322 e. The molecule has 2 heterocycles. The maximum Gasteiger partial charge on any atom is 0.344 e. The van der Waals surface area contributed by atoms with E-state index in [-0.39, 0.29) is 0 Å². The number of amides is 7. The summed E-state index contributed by atoms with van der Waals surface area (Å²) >= 11 is 0. The Morgan fingerprint density at radius 2 is 1.62 bits per heavy atom. The number of hydrazine groups is 1. The van der Waals surface area contributed by atoms with Gasteiger partial charge in [-0.3, -0.25) is 24.7 Å². The van der Waals surface area contributed by atoms with E-state index in [0.717, 1.165) is 34.9 Å². The van der Waals surface area contributed by atoms with Gasteiger partial charge in [0.1, 0.15) is 17.6 Å². The minimum absolute atomic E-state index is 0.510. The third kappa shape index (κ3) is 3.37. The molecule has 3 fully saturated rings.